The predicted molar refractivity (Wildman–Crippen MR) is 162 cm³/mol. The van der Waals surface area contributed by atoms with E-state index in [-0.39, 0.29) is 22.6 Å². The Labute approximate surface area is 253 Å². The van der Waals surface area contributed by atoms with Crippen LogP contribution in [0.5, 0.6) is 0 Å². The maximum absolute atomic E-state index is 14.0. The lowest BCUT2D eigenvalue weighted by molar-refractivity contribution is -0.384. The third-order valence-electron chi connectivity index (χ3n) is 7.15. The molecule has 13 heteroatoms. The summed E-state index contributed by atoms with van der Waals surface area (Å²) < 4.78 is 8.53. The minimum Gasteiger partial charge on any atom is -0.360 e. The highest BCUT2D eigenvalue weighted by atomic mass is 35.5. The van der Waals surface area contributed by atoms with Crippen molar-refractivity contribution in [1.82, 2.24) is 24.7 Å². The van der Waals surface area contributed by atoms with E-state index < -0.39 is 22.0 Å². The van der Waals surface area contributed by atoms with Gasteiger partial charge in [0.1, 0.15) is 11.5 Å². The minimum absolute atomic E-state index is 0.113. The molecule has 11 nitrogen and oxygen atoms in total. The lowest BCUT2D eigenvalue weighted by Crippen LogP contribution is -2.25. The van der Waals surface area contributed by atoms with Gasteiger partial charge in [0.05, 0.1) is 33.3 Å². The van der Waals surface area contributed by atoms with Gasteiger partial charge >= 0.3 is 0 Å². The molecule has 0 amide bonds. The van der Waals surface area contributed by atoms with Gasteiger partial charge in [-0.1, -0.05) is 40.5 Å². The van der Waals surface area contributed by atoms with Crippen molar-refractivity contribution in [3.63, 3.8) is 0 Å². The number of aromatic amines is 2. The smallest absolute Gasteiger partial charge is 0.275 e. The molecule has 3 aromatic carbocycles. The molecule has 43 heavy (non-hydrogen) atoms. The molecule has 0 aliphatic heterocycles. The van der Waals surface area contributed by atoms with Crippen LogP contribution in [0, 0.1) is 24.0 Å². The first-order valence-corrected chi connectivity index (χ1v) is 13.7. The monoisotopic (exact) mass is 616 g/mol. The molecule has 6 rings (SSSR count). The van der Waals surface area contributed by atoms with Crippen LogP contribution in [-0.2, 0) is 0 Å². The van der Waals surface area contributed by atoms with Crippen molar-refractivity contribution in [2.45, 2.75) is 19.8 Å². The number of nitro groups is 1. The highest BCUT2D eigenvalue weighted by Gasteiger charge is 2.34. The second-order valence-electron chi connectivity index (χ2n) is 9.89. The van der Waals surface area contributed by atoms with Gasteiger partial charge in [-0.05, 0) is 62.4 Å². The van der Waals surface area contributed by atoms with E-state index in [4.69, 9.17) is 27.7 Å². The SMILES string of the molecule is Cc1[nH]n(-c2ccc(Cl)cc2)c(=O)c1C(c1cc(-c2cccc([N+](=O)[O-])c2)no1)c1c(C)[nH]n(-c2ccc(Cl)cc2)c1=O. The quantitative estimate of drug-likeness (QED) is 0.159. The first-order valence-electron chi connectivity index (χ1n) is 13.0. The summed E-state index contributed by atoms with van der Waals surface area (Å²) >= 11 is 12.1. The normalized spacial score (nSPS) is 11.4. The van der Waals surface area contributed by atoms with E-state index in [9.17, 15) is 19.7 Å². The number of nitrogens with zero attached hydrogens (tertiary/aromatic N) is 4. The summed E-state index contributed by atoms with van der Waals surface area (Å²) in [5.41, 5.74) is 2.43. The third-order valence-corrected chi connectivity index (χ3v) is 7.65. The van der Waals surface area contributed by atoms with E-state index in [0.29, 0.717) is 44.1 Å². The Morgan fingerprint density at radius 2 is 1.33 bits per heavy atom. The molecule has 216 valence electrons. The molecular formula is C30H22Cl2N6O5. The molecule has 0 fully saturated rings. The van der Waals surface area contributed by atoms with Gasteiger partial charge < -0.3 is 4.52 Å². The van der Waals surface area contributed by atoms with Gasteiger partial charge in [-0.15, -0.1) is 0 Å². The number of nitro benzene ring substituents is 1. The van der Waals surface area contributed by atoms with Crippen molar-refractivity contribution < 1.29 is 9.45 Å². The summed E-state index contributed by atoms with van der Waals surface area (Å²) in [7, 11) is 0. The van der Waals surface area contributed by atoms with Crippen molar-refractivity contribution in [2.75, 3.05) is 0 Å². The Morgan fingerprint density at radius 3 is 1.81 bits per heavy atom. The topological polar surface area (TPSA) is 145 Å². The lowest BCUT2D eigenvalue weighted by atomic mass is 9.89. The van der Waals surface area contributed by atoms with Crippen LogP contribution in [0.1, 0.15) is 34.2 Å². The second-order valence-corrected chi connectivity index (χ2v) is 10.8. The molecular weight excluding hydrogens is 595 g/mol. The lowest BCUT2D eigenvalue weighted by Gasteiger charge is -2.11. The fourth-order valence-corrected chi connectivity index (χ4v) is 5.36. The number of hydrogen-bond donors (Lipinski definition) is 2. The molecule has 3 aromatic heterocycles. The van der Waals surface area contributed by atoms with Gasteiger partial charge in [0, 0.05) is 45.2 Å². The molecule has 0 radical (unpaired) electrons. The molecule has 0 spiro atoms. The predicted octanol–water partition coefficient (Wildman–Crippen LogP) is 6.31. The van der Waals surface area contributed by atoms with Crippen molar-refractivity contribution in [3.8, 4) is 22.6 Å². The van der Waals surface area contributed by atoms with E-state index in [1.807, 2.05) is 0 Å². The van der Waals surface area contributed by atoms with Gasteiger partial charge in [0.15, 0.2) is 0 Å². The van der Waals surface area contributed by atoms with Crippen LogP contribution in [0.15, 0.2) is 93.0 Å². The Kier molecular flexibility index (Phi) is 7.12. The molecule has 0 bridgehead atoms. The Bertz CT molecular complexity index is 2000. The van der Waals surface area contributed by atoms with E-state index >= 15 is 0 Å². The summed E-state index contributed by atoms with van der Waals surface area (Å²) in [6.45, 7) is 3.46. The van der Waals surface area contributed by atoms with Crippen LogP contribution in [0.3, 0.4) is 0 Å². The fraction of sp³-hybridized carbons (Fsp3) is 0.100. The van der Waals surface area contributed by atoms with Gasteiger partial charge in [-0.2, -0.15) is 0 Å². The number of H-pyrrole nitrogens is 2. The summed E-state index contributed by atoms with van der Waals surface area (Å²) in [5, 5.41) is 22.7. The number of non-ortho nitro benzene ring substituents is 1. The van der Waals surface area contributed by atoms with Gasteiger partial charge in [0.2, 0.25) is 0 Å². The van der Waals surface area contributed by atoms with Crippen molar-refractivity contribution in [2.24, 2.45) is 0 Å². The summed E-state index contributed by atoms with van der Waals surface area (Å²) in [4.78, 5) is 38.9. The summed E-state index contributed by atoms with van der Waals surface area (Å²) in [5.74, 6) is -0.791. The van der Waals surface area contributed by atoms with Crippen molar-refractivity contribution in [3.05, 3.63) is 148 Å². The van der Waals surface area contributed by atoms with E-state index in [1.165, 1.54) is 21.5 Å². The van der Waals surface area contributed by atoms with Crippen LogP contribution in [-0.4, -0.2) is 29.6 Å². The molecule has 2 N–H and O–H groups in total. The average molecular weight is 617 g/mol. The van der Waals surface area contributed by atoms with Crippen LogP contribution in [0.25, 0.3) is 22.6 Å². The largest absolute Gasteiger partial charge is 0.360 e. The summed E-state index contributed by atoms with van der Waals surface area (Å²) in [6, 6.07) is 21.0. The zero-order valence-electron chi connectivity index (χ0n) is 22.7. The Hall–Kier alpha value is -5.13. The first kappa shape index (κ1) is 28.0. The van der Waals surface area contributed by atoms with Crippen molar-refractivity contribution in [1.29, 1.82) is 0 Å². The molecule has 0 aliphatic carbocycles. The van der Waals surface area contributed by atoms with Gasteiger partial charge in [0.25, 0.3) is 16.8 Å². The number of rotatable bonds is 7. The standard InChI is InChI=1S/C30H22Cl2N6O5/c1-16-26(29(39)36(33-16)21-10-6-19(31)7-11-21)28(25-15-24(35-43-25)18-4-3-5-23(14-18)38(41)42)27-17(2)34-37(30(27)40)22-12-8-20(32)9-13-22/h3-15,28,33-34H,1-2H3. The molecule has 0 saturated heterocycles. The highest BCUT2D eigenvalue weighted by Crippen LogP contribution is 2.35. The van der Waals surface area contributed by atoms with Crippen LogP contribution >= 0.6 is 23.2 Å². The number of hydrogen-bond acceptors (Lipinski definition) is 6. The van der Waals surface area contributed by atoms with E-state index in [1.54, 1.807) is 80.6 Å². The maximum Gasteiger partial charge on any atom is 0.275 e. The average Bonchev–Trinajstić information content (AvgIpc) is 3.68. The van der Waals surface area contributed by atoms with Crippen molar-refractivity contribution >= 4 is 28.9 Å². The van der Waals surface area contributed by atoms with Gasteiger partial charge in [-0.25, -0.2) is 9.36 Å². The zero-order valence-corrected chi connectivity index (χ0v) is 24.2. The maximum atomic E-state index is 14.0. The van der Waals surface area contributed by atoms with Crippen LogP contribution in [0.4, 0.5) is 5.69 Å². The highest BCUT2D eigenvalue weighted by molar-refractivity contribution is 6.30. The Balaban J connectivity index is 1.56. The first-order chi connectivity index (χ1) is 20.6. The molecule has 0 atom stereocenters. The molecule has 0 unspecified atom stereocenters. The van der Waals surface area contributed by atoms with E-state index in [0.717, 1.165) is 0 Å². The third kappa shape index (κ3) is 5.09. The molecule has 0 saturated carbocycles. The number of halogens is 2. The minimum atomic E-state index is -0.991. The van der Waals surface area contributed by atoms with Crippen LogP contribution in [0.2, 0.25) is 10.0 Å². The van der Waals surface area contributed by atoms with E-state index in [2.05, 4.69) is 15.4 Å². The van der Waals surface area contributed by atoms with Gasteiger partial charge in [-0.3, -0.25) is 29.9 Å². The molecule has 3 heterocycles. The Morgan fingerprint density at radius 1 is 0.814 bits per heavy atom. The van der Waals surface area contributed by atoms with Crippen LogP contribution < -0.4 is 11.1 Å². The fourth-order valence-electron chi connectivity index (χ4n) is 5.11. The summed E-state index contributed by atoms with van der Waals surface area (Å²) in [6.07, 6.45) is 0. The molecule has 0 aliphatic rings. The number of aryl methyl sites for hydroxylation is 2. The molecule has 6 aromatic rings. The zero-order chi connectivity index (χ0) is 30.4. The second kappa shape index (κ2) is 10.9. The number of benzene rings is 3. The number of nitrogens with one attached hydrogen (secondary N) is 2. The number of aromatic nitrogens is 5.